The topological polar surface area (TPSA) is 66.5 Å². The molecule has 1 saturated carbocycles. The van der Waals surface area contributed by atoms with Crippen LogP contribution in [0.2, 0.25) is 0 Å². The molecule has 2 bridgehead atoms. The maximum atomic E-state index is 13.4. The van der Waals surface area contributed by atoms with Crippen molar-refractivity contribution >= 4 is 17.7 Å². The van der Waals surface area contributed by atoms with Crippen LogP contribution >= 0.6 is 0 Å². The summed E-state index contributed by atoms with van der Waals surface area (Å²) >= 11 is 0. The average molecular weight is 415 g/mol. The van der Waals surface area contributed by atoms with Crippen molar-refractivity contribution in [2.45, 2.75) is 32.4 Å². The fraction of sp³-hybridized carbons (Fsp3) is 0.346. The molecule has 3 amide bonds. The van der Waals surface area contributed by atoms with Gasteiger partial charge in [-0.15, -0.1) is 0 Å². The third-order valence-corrected chi connectivity index (χ3v) is 6.99. The molecule has 5 unspecified atom stereocenters. The van der Waals surface area contributed by atoms with Gasteiger partial charge in [0.2, 0.25) is 17.7 Å². The molecule has 31 heavy (non-hydrogen) atoms. The highest BCUT2D eigenvalue weighted by atomic mass is 16.2. The number of allylic oxidation sites excluding steroid dienone is 2. The number of benzene rings is 2. The number of fused-ring (bicyclic) bond motifs is 5. The van der Waals surface area contributed by atoms with Gasteiger partial charge in [-0.05, 0) is 36.3 Å². The van der Waals surface area contributed by atoms with Gasteiger partial charge in [0.25, 0.3) is 0 Å². The van der Waals surface area contributed by atoms with Gasteiger partial charge in [-0.1, -0.05) is 72.3 Å². The maximum Gasteiger partial charge on any atom is 0.234 e. The molecule has 5 atom stereocenters. The number of nitrogens with zero attached hydrogens (tertiary/aromatic N) is 1. The first-order valence-corrected chi connectivity index (χ1v) is 11.0. The van der Waals surface area contributed by atoms with Gasteiger partial charge in [0.1, 0.15) is 0 Å². The Bertz CT molecular complexity index is 1010. The Morgan fingerprint density at radius 2 is 1.58 bits per heavy atom. The molecule has 0 aromatic heterocycles. The Labute approximate surface area is 182 Å². The molecule has 5 heteroatoms. The second kappa shape index (κ2) is 7.80. The normalized spacial score (nSPS) is 26.9. The van der Waals surface area contributed by atoms with E-state index in [1.54, 1.807) is 0 Å². The first-order chi connectivity index (χ1) is 15.0. The van der Waals surface area contributed by atoms with E-state index in [9.17, 15) is 14.4 Å². The van der Waals surface area contributed by atoms with E-state index in [1.165, 1.54) is 4.90 Å². The molecule has 2 aromatic rings. The van der Waals surface area contributed by atoms with Crippen molar-refractivity contribution in [2.75, 3.05) is 0 Å². The standard InChI is InChI=1S/C26H26N2O3/c1-16-7-9-18(10-8-16)21(14-22(29)27-15-17-5-3-2-4-6-17)28-25(30)23-19-11-12-20(13-19)24(23)26(28)31/h2-12,19-21,23-24H,13-15H2,1H3,(H,27,29). The number of aryl methyl sites for hydroxylation is 1. The molecule has 3 aliphatic rings. The smallest absolute Gasteiger partial charge is 0.234 e. The summed E-state index contributed by atoms with van der Waals surface area (Å²) in [4.78, 5) is 41.0. The van der Waals surface area contributed by atoms with Crippen LogP contribution in [0.1, 0.15) is 35.6 Å². The van der Waals surface area contributed by atoms with E-state index >= 15 is 0 Å². The van der Waals surface area contributed by atoms with Gasteiger partial charge < -0.3 is 5.32 Å². The Hall–Kier alpha value is -3.21. The molecule has 158 valence electrons. The maximum absolute atomic E-state index is 13.4. The molecule has 1 heterocycles. The van der Waals surface area contributed by atoms with Crippen LogP contribution in [0, 0.1) is 30.6 Å². The minimum Gasteiger partial charge on any atom is -0.352 e. The van der Waals surface area contributed by atoms with Crippen LogP contribution in [-0.4, -0.2) is 22.6 Å². The first-order valence-electron chi connectivity index (χ1n) is 11.0. The summed E-state index contributed by atoms with van der Waals surface area (Å²) in [5, 5.41) is 2.94. The monoisotopic (exact) mass is 414 g/mol. The largest absolute Gasteiger partial charge is 0.352 e. The number of rotatable bonds is 6. The number of hydrogen-bond acceptors (Lipinski definition) is 3. The summed E-state index contributed by atoms with van der Waals surface area (Å²) < 4.78 is 0. The molecule has 0 radical (unpaired) electrons. The molecule has 2 aliphatic carbocycles. The molecule has 0 spiro atoms. The van der Waals surface area contributed by atoms with Crippen molar-refractivity contribution < 1.29 is 14.4 Å². The van der Waals surface area contributed by atoms with Gasteiger partial charge in [-0.3, -0.25) is 19.3 Å². The lowest BCUT2D eigenvalue weighted by Crippen LogP contribution is -2.39. The Morgan fingerprint density at radius 1 is 0.968 bits per heavy atom. The van der Waals surface area contributed by atoms with Crippen molar-refractivity contribution in [3.8, 4) is 0 Å². The second-order valence-electron chi connectivity index (χ2n) is 8.94. The first kappa shape index (κ1) is 19.7. The van der Waals surface area contributed by atoms with Crippen LogP contribution in [0.25, 0.3) is 0 Å². The Morgan fingerprint density at radius 3 is 2.19 bits per heavy atom. The van der Waals surface area contributed by atoms with Crippen LogP contribution in [0.4, 0.5) is 0 Å². The van der Waals surface area contributed by atoms with Crippen LogP contribution in [-0.2, 0) is 20.9 Å². The molecular formula is C26H26N2O3. The number of imide groups is 1. The van der Waals surface area contributed by atoms with E-state index in [-0.39, 0.29) is 47.8 Å². The number of amides is 3. The van der Waals surface area contributed by atoms with Gasteiger partial charge in [0.15, 0.2) is 0 Å². The third kappa shape index (κ3) is 3.48. The fourth-order valence-electron chi connectivity index (χ4n) is 5.42. The molecule has 5 rings (SSSR count). The summed E-state index contributed by atoms with van der Waals surface area (Å²) in [7, 11) is 0. The highest BCUT2D eigenvalue weighted by Gasteiger charge is 2.60. The molecule has 1 aliphatic heterocycles. The molecule has 1 N–H and O–H groups in total. The summed E-state index contributed by atoms with van der Waals surface area (Å²) in [6.45, 7) is 2.41. The Balaban J connectivity index is 1.39. The van der Waals surface area contributed by atoms with E-state index in [4.69, 9.17) is 0 Å². The lowest BCUT2D eigenvalue weighted by molar-refractivity contribution is -0.144. The van der Waals surface area contributed by atoms with E-state index in [0.717, 1.165) is 23.1 Å². The van der Waals surface area contributed by atoms with Gasteiger partial charge >= 0.3 is 0 Å². The average Bonchev–Trinajstić information content (AvgIpc) is 3.46. The zero-order chi connectivity index (χ0) is 21.5. The molecule has 5 nitrogen and oxygen atoms in total. The highest BCUT2D eigenvalue weighted by Crippen LogP contribution is 2.54. The van der Waals surface area contributed by atoms with Gasteiger partial charge in [0.05, 0.1) is 24.3 Å². The predicted octanol–water partition coefficient (Wildman–Crippen LogP) is 3.55. The number of hydrogen-bond donors (Lipinski definition) is 1. The minimum absolute atomic E-state index is 0.0651. The molecular weight excluding hydrogens is 388 g/mol. The summed E-state index contributed by atoms with van der Waals surface area (Å²) in [6.07, 6.45) is 5.14. The number of nitrogens with one attached hydrogen (secondary N) is 1. The van der Waals surface area contributed by atoms with Crippen molar-refractivity contribution in [1.82, 2.24) is 10.2 Å². The van der Waals surface area contributed by atoms with E-state index in [2.05, 4.69) is 17.5 Å². The number of carbonyl (C=O) groups is 3. The van der Waals surface area contributed by atoms with Crippen molar-refractivity contribution in [1.29, 1.82) is 0 Å². The third-order valence-electron chi connectivity index (χ3n) is 6.99. The van der Waals surface area contributed by atoms with Crippen molar-refractivity contribution in [3.05, 3.63) is 83.4 Å². The molecule has 1 saturated heterocycles. The van der Waals surface area contributed by atoms with Crippen LogP contribution in [0.15, 0.2) is 66.7 Å². The summed E-state index contributed by atoms with van der Waals surface area (Å²) in [5.74, 6) is -0.621. The predicted molar refractivity (Wildman–Crippen MR) is 116 cm³/mol. The van der Waals surface area contributed by atoms with E-state index in [1.807, 2.05) is 61.5 Å². The van der Waals surface area contributed by atoms with Crippen LogP contribution < -0.4 is 5.32 Å². The quantitative estimate of drug-likeness (QED) is 0.581. The zero-order valence-electron chi connectivity index (χ0n) is 17.5. The van der Waals surface area contributed by atoms with Crippen LogP contribution in [0.3, 0.4) is 0 Å². The number of likely N-dealkylation sites (tertiary alicyclic amines) is 1. The Kier molecular flexibility index (Phi) is 4.97. The summed E-state index contributed by atoms with van der Waals surface area (Å²) in [5.41, 5.74) is 2.92. The van der Waals surface area contributed by atoms with E-state index < -0.39 is 6.04 Å². The highest BCUT2D eigenvalue weighted by molar-refractivity contribution is 6.07. The second-order valence-corrected chi connectivity index (χ2v) is 8.94. The van der Waals surface area contributed by atoms with Crippen molar-refractivity contribution in [3.63, 3.8) is 0 Å². The van der Waals surface area contributed by atoms with Gasteiger partial charge in [-0.25, -0.2) is 0 Å². The molecule has 2 aromatic carbocycles. The zero-order valence-corrected chi connectivity index (χ0v) is 17.5. The van der Waals surface area contributed by atoms with Crippen LogP contribution in [0.5, 0.6) is 0 Å². The summed E-state index contributed by atoms with van der Waals surface area (Å²) in [6, 6.07) is 16.9. The lowest BCUT2D eigenvalue weighted by Gasteiger charge is -2.28. The van der Waals surface area contributed by atoms with Crippen molar-refractivity contribution in [2.24, 2.45) is 23.7 Å². The van der Waals surface area contributed by atoms with E-state index in [0.29, 0.717) is 6.54 Å². The molecule has 2 fully saturated rings. The SMILES string of the molecule is Cc1ccc(C(CC(=O)NCc2ccccc2)N2C(=O)C3C4C=CC(C4)C3C2=O)cc1. The lowest BCUT2D eigenvalue weighted by atomic mass is 9.85. The fourth-order valence-corrected chi connectivity index (χ4v) is 5.42. The van der Waals surface area contributed by atoms with Gasteiger partial charge in [-0.2, -0.15) is 0 Å². The minimum atomic E-state index is -0.582. The number of carbonyl (C=O) groups excluding carboxylic acids is 3. The van der Waals surface area contributed by atoms with Gasteiger partial charge in [0, 0.05) is 6.54 Å².